The predicted molar refractivity (Wildman–Crippen MR) is 134 cm³/mol. The third-order valence-corrected chi connectivity index (χ3v) is 6.77. The van der Waals surface area contributed by atoms with Crippen LogP contribution in [0.3, 0.4) is 0 Å². The summed E-state index contributed by atoms with van der Waals surface area (Å²) in [6, 6.07) is 17.8. The van der Waals surface area contributed by atoms with Crippen molar-refractivity contribution in [2.24, 2.45) is 0 Å². The molecule has 1 aliphatic carbocycles. The summed E-state index contributed by atoms with van der Waals surface area (Å²) in [7, 11) is 0. The van der Waals surface area contributed by atoms with E-state index in [2.05, 4.69) is 26.7 Å². The van der Waals surface area contributed by atoms with Gasteiger partial charge in [0.1, 0.15) is 16.1 Å². The van der Waals surface area contributed by atoms with Crippen molar-refractivity contribution in [3.05, 3.63) is 70.7 Å². The van der Waals surface area contributed by atoms with Crippen molar-refractivity contribution in [3.8, 4) is 17.7 Å². The molecule has 10 heteroatoms. The number of rotatable bonds is 6. The Bertz CT molecular complexity index is 1520. The van der Waals surface area contributed by atoms with Gasteiger partial charge in [-0.05, 0) is 48.7 Å². The van der Waals surface area contributed by atoms with Crippen molar-refractivity contribution < 1.29 is 14.3 Å². The molecule has 0 unspecified atom stereocenters. The van der Waals surface area contributed by atoms with Gasteiger partial charge < -0.3 is 15.4 Å². The highest BCUT2D eigenvalue weighted by Crippen LogP contribution is 2.47. The number of ether oxygens (including phenoxy) is 1. The number of aromatic nitrogens is 2. The number of benzene rings is 2. The fourth-order valence-electron chi connectivity index (χ4n) is 3.59. The number of hydrogen-bond donors (Lipinski definition) is 2. The Hall–Kier alpha value is -4.00. The molecule has 0 bridgehead atoms. The van der Waals surface area contributed by atoms with E-state index in [9.17, 15) is 14.9 Å². The zero-order chi connectivity index (χ0) is 24.6. The van der Waals surface area contributed by atoms with E-state index < -0.39 is 5.41 Å². The van der Waals surface area contributed by atoms with Gasteiger partial charge >= 0.3 is 0 Å². The van der Waals surface area contributed by atoms with Gasteiger partial charge in [-0.15, -0.1) is 0 Å². The maximum Gasteiger partial charge on any atom is 0.255 e. The first-order valence-corrected chi connectivity index (χ1v) is 11.9. The van der Waals surface area contributed by atoms with Gasteiger partial charge in [-0.1, -0.05) is 35.1 Å². The Morgan fingerprint density at radius 1 is 1.11 bits per heavy atom. The standard InChI is InChI=1S/C25H18ClN5O3S/c1-14(32)28-24-30-19-7-8-21(31-23(19)35-24)34-17-5-6-18(26)20(12-17)29-22(33)15-3-2-4-16(11-15)25(13-27)9-10-25/h2-8,11-12H,9-10H2,1H3,(H,29,33)(H,28,30,32). The van der Waals surface area contributed by atoms with E-state index >= 15 is 0 Å². The number of carbonyl (C=O) groups is 2. The Labute approximate surface area is 209 Å². The molecule has 35 heavy (non-hydrogen) atoms. The summed E-state index contributed by atoms with van der Waals surface area (Å²) in [6.45, 7) is 1.41. The van der Waals surface area contributed by atoms with Gasteiger partial charge in [0.25, 0.3) is 5.91 Å². The summed E-state index contributed by atoms with van der Waals surface area (Å²) in [5.41, 5.74) is 1.84. The van der Waals surface area contributed by atoms with E-state index in [4.69, 9.17) is 16.3 Å². The number of fused-ring (bicyclic) bond motifs is 1. The lowest BCUT2D eigenvalue weighted by molar-refractivity contribution is -0.114. The van der Waals surface area contributed by atoms with Crippen molar-refractivity contribution in [2.45, 2.75) is 25.2 Å². The minimum atomic E-state index is -0.475. The van der Waals surface area contributed by atoms with Crippen LogP contribution >= 0.6 is 22.9 Å². The molecule has 1 fully saturated rings. The quantitative estimate of drug-likeness (QED) is 0.338. The molecule has 0 radical (unpaired) electrons. The van der Waals surface area contributed by atoms with Crippen LogP contribution in [0, 0.1) is 11.3 Å². The van der Waals surface area contributed by atoms with E-state index in [1.807, 2.05) is 6.07 Å². The number of nitriles is 1. The molecule has 174 valence electrons. The van der Waals surface area contributed by atoms with Crippen LogP contribution < -0.4 is 15.4 Å². The minimum absolute atomic E-state index is 0.208. The molecule has 2 aromatic carbocycles. The number of anilines is 2. The van der Waals surface area contributed by atoms with Crippen LogP contribution in [0.4, 0.5) is 10.8 Å². The molecular weight excluding hydrogens is 486 g/mol. The molecule has 8 nitrogen and oxygen atoms in total. The number of amides is 2. The maximum atomic E-state index is 12.9. The zero-order valence-corrected chi connectivity index (χ0v) is 20.0. The van der Waals surface area contributed by atoms with Crippen molar-refractivity contribution in [1.82, 2.24) is 9.97 Å². The van der Waals surface area contributed by atoms with E-state index in [0.29, 0.717) is 43.4 Å². The molecule has 4 aromatic rings. The lowest BCUT2D eigenvalue weighted by Crippen LogP contribution is -2.13. The van der Waals surface area contributed by atoms with Crippen molar-refractivity contribution in [3.63, 3.8) is 0 Å². The van der Waals surface area contributed by atoms with Crippen LogP contribution in [0.5, 0.6) is 11.6 Å². The topological polar surface area (TPSA) is 117 Å². The molecule has 2 heterocycles. The molecule has 0 saturated heterocycles. The normalized spacial score (nSPS) is 13.6. The molecule has 1 saturated carbocycles. The maximum absolute atomic E-state index is 12.9. The fourth-order valence-corrected chi connectivity index (χ4v) is 4.63. The highest BCUT2D eigenvalue weighted by molar-refractivity contribution is 7.21. The van der Waals surface area contributed by atoms with Crippen molar-refractivity contribution >= 4 is 55.9 Å². The molecule has 2 amide bonds. The fraction of sp³-hybridized carbons (Fsp3) is 0.160. The molecule has 5 rings (SSSR count). The average Bonchev–Trinajstić information content (AvgIpc) is 3.55. The van der Waals surface area contributed by atoms with Gasteiger partial charge in [0.15, 0.2) is 5.13 Å². The Kier molecular flexibility index (Phi) is 5.84. The second-order valence-corrected chi connectivity index (χ2v) is 9.53. The van der Waals surface area contributed by atoms with E-state index in [0.717, 1.165) is 18.4 Å². The number of hydrogen-bond acceptors (Lipinski definition) is 7. The monoisotopic (exact) mass is 503 g/mol. The van der Waals surface area contributed by atoms with E-state index in [1.165, 1.54) is 18.3 Å². The summed E-state index contributed by atoms with van der Waals surface area (Å²) < 4.78 is 5.88. The Morgan fingerprint density at radius 3 is 2.69 bits per heavy atom. The second kappa shape index (κ2) is 8.98. The van der Waals surface area contributed by atoms with Gasteiger partial charge in [0, 0.05) is 24.6 Å². The molecule has 0 aliphatic heterocycles. The molecular formula is C25H18ClN5O3S. The number of nitrogens with one attached hydrogen (secondary N) is 2. The summed E-state index contributed by atoms with van der Waals surface area (Å²) in [5.74, 6) is 0.210. The van der Waals surface area contributed by atoms with E-state index in [1.54, 1.807) is 48.5 Å². The smallest absolute Gasteiger partial charge is 0.255 e. The molecule has 2 aromatic heterocycles. The van der Waals surface area contributed by atoms with Crippen molar-refractivity contribution in [1.29, 1.82) is 5.26 Å². The predicted octanol–water partition coefficient (Wildman–Crippen LogP) is 5.90. The number of halogens is 1. The summed E-state index contributed by atoms with van der Waals surface area (Å²) in [4.78, 5) is 33.5. The average molecular weight is 504 g/mol. The highest BCUT2D eigenvalue weighted by atomic mass is 35.5. The third-order valence-electron chi connectivity index (χ3n) is 5.56. The first-order valence-electron chi connectivity index (χ1n) is 10.7. The van der Waals surface area contributed by atoms with Crippen LogP contribution in [-0.4, -0.2) is 21.8 Å². The molecule has 0 atom stereocenters. The third kappa shape index (κ3) is 4.80. The van der Waals surface area contributed by atoms with Crippen LogP contribution in [0.15, 0.2) is 54.6 Å². The van der Waals surface area contributed by atoms with Crippen LogP contribution in [-0.2, 0) is 10.2 Å². The van der Waals surface area contributed by atoms with Crippen LogP contribution in [0.2, 0.25) is 5.02 Å². The van der Waals surface area contributed by atoms with Gasteiger partial charge in [-0.2, -0.15) is 5.26 Å². The zero-order valence-electron chi connectivity index (χ0n) is 18.5. The number of nitrogens with zero attached hydrogens (tertiary/aromatic N) is 3. The molecule has 2 N–H and O–H groups in total. The van der Waals surface area contributed by atoms with Gasteiger partial charge in [-0.3, -0.25) is 9.59 Å². The minimum Gasteiger partial charge on any atom is -0.439 e. The Balaban J connectivity index is 1.34. The van der Waals surface area contributed by atoms with Crippen LogP contribution in [0.1, 0.15) is 35.7 Å². The lowest BCUT2D eigenvalue weighted by atomic mass is 9.96. The lowest BCUT2D eigenvalue weighted by Gasteiger charge is -2.12. The van der Waals surface area contributed by atoms with Crippen molar-refractivity contribution in [2.75, 3.05) is 10.6 Å². The summed E-state index contributed by atoms with van der Waals surface area (Å²) in [6.07, 6.45) is 1.60. The largest absolute Gasteiger partial charge is 0.439 e. The number of carbonyl (C=O) groups excluding carboxylic acids is 2. The summed E-state index contributed by atoms with van der Waals surface area (Å²) >= 11 is 7.56. The number of thiazole rings is 1. The summed E-state index contributed by atoms with van der Waals surface area (Å²) in [5, 5.41) is 15.7. The van der Waals surface area contributed by atoms with Gasteiger partial charge in [0.05, 0.1) is 22.2 Å². The second-order valence-electron chi connectivity index (χ2n) is 8.15. The first-order chi connectivity index (χ1) is 16.8. The van der Waals surface area contributed by atoms with Crippen LogP contribution in [0.25, 0.3) is 10.3 Å². The highest BCUT2D eigenvalue weighted by Gasteiger charge is 2.45. The van der Waals surface area contributed by atoms with Gasteiger partial charge in [-0.25, -0.2) is 9.97 Å². The molecule has 1 aliphatic rings. The molecule has 0 spiro atoms. The Morgan fingerprint density at radius 2 is 1.94 bits per heavy atom. The first kappa shape index (κ1) is 22.8. The SMILES string of the molecule is CC(=O)Nc1nc2ccc(Oc3ccc(Cl)c(NC(=O)c4cccc(C5(C#N)CC5)c4)c3)nc2s1. The number of pyridine rings is 1. The van der Waals surface area contributed by atoms with E-state index in [-0.39, 0.29) is 11.8 Å². The van der Waals surface area contributed by atoms with Gasteiger partial charge in [0.2, 0.25) is 11.8 Å².